The van der Waals surface area contributed by atoms with E-state index >= 15 is 0 Å². The number of alkyl halides is 3. The quantitative estimate of drug-likeness (QED) is 0.787. The van der Waals surface area contributed by atoms with Crippen molar-refractivity contribution in [3.63, 3.8) is 0 Å². The zero-order valence-electron chi connectivity index (χ0n) is 7.92. The van der Waals surface area contributed by atoms with Crippen molar-refractivity contribution in [3.05, 3.63) is 23.9 Å². The van der Waals surface area contributed by atoms with Gasteiger partial charge in [-0.2, -0.15) is 13.2 Å². The van der Waals surface area contributed by atoms with Gasteiger partial charge in [0.15, 0.2) is 0 Å². The number of ether oxygens (including phenoxy) is 1. The summed E-state index contributed by atoms with van der Waals surface area (Å²) in [5.74, 6) is 0.177. The number of pyridine rings is 1. The van der Waals surface area contributed by atoms with E-state index in [9.17, 15) is 13.2 Å². The van der Waals surface area contributed by atoms with Crippen molar-refractivity contribution in [1.29, 1.82) is 0 Å². The number of aromatic nitrogens is 1. The van der Waals surface area contributed by atoms with E-state index in [2.05, 4.69) is 4.98 Å². The molecule has 0 aromatic carbocycles. The van der Waals surface area contributed by atoms with Gasteiger partial charge in [-0.15, -0.1) is 0 Å². The van der Waals surface area contributed by atoms with Crippen LogP contribution in [0.1, 0.15) is 12.0 Å². The van der Waals surface area contributed by atoms with E-state index in [-0.39, 0.29) is 5.88 Å². The van der Waals surface area contributed by atoms with E-state index in [1.54, 1.807) is 0 Å². The monoisotopic (exact) mass is 220 g/mol. The summed E-state index contributed by atoms with van der Waals surface area (Å²) >= 11 is 0. The van der Waals surface area contributed by atoms with Crippen LogP contribution >= 0.6 is 0 Å². The lowest BCUT2D eigenvalue weighted by atomic mass is 10.3. The lowest BCUT2D eigenvalue weighted by Gasteiger charge is -2.07. The highest BCUT2D eigenvalue weighted by Crippen LogP contribution is 2.29. The SMILES string of the molecule is NCCCOc1ccc(C(F)(F)F)cn1. The van der Waals surface area contributed by atoms with Crippen LogP contribution in [0.3, 0.4) is 0 Å². The number of nitrogens with zero attached hydrogens (tertiary/aromatic N) is 1. The fraction of sp³-hybridized carbons (Fsp3) is 0.444. The van der Waals surface area contributed by atoms with Crippen molar-refractivity contribution in [2.24, 2.45) is 5.73 Å². The molecule has 1 heterocycles. The maximum atomic E-state index is 12.1. The van der Waals surface area contributed by atoms with Gasteiger partial charge in [-0.25, -0.2) is 4.98 Å². The Morgan fingerprint density at radius 3 is 2.53 bits per heavy atom. The Kier molecular flexibility index (Phi) is 3.90. The minimum Gasteiger partial charge on any atom is -0.478 e. The van der Waals surface area contributed by atoms with Crippen LogP contribution in [0, 0.1) is 0 Å². The molecule has 0 radical (unpaired) electrons. The Labute approximate surface area is 85.1 Å². The zero-order valence-corrected chi connectivity index (χ0v) is 7.92. The average molecular weight is 220 g/mol. The van der Waals surface area contributed by atoms with E-state index < -0.39 is 11.7 Å². The van der Waals surface area contributed by atoms with E-state index in [1.807, 2.05) is 0 Å². The molecule has 0 spiro atoms. The van der Waals surface area contributed by atoms with Crippen molar-refractivity contribution in [2.75, 3.05) is 13.2 Å². The maximum absolute atomic E-state index is 12.1. The summed E-state index contributed by atoms with van der Waals surface area (Å²) in [6.07, 6.45) is -2.97. The van der Waals surface area contributed by atoms with E-state index in [0.717, 1.165) is 12.3 Å². The van der Waals surface area contributed by atoms with Crippen molar-refractivity contribution in [2.45, 2.75) is 12.6 Å². The standard InChI is InChI=1S/C9H11F3N2O/c10-9(11,12)7-2-3-8(14-6-7)15-5-1-4-13/h2-3,6H,1,4-5,13H2. The lowest BCUT2D eigenvalue weighted by molar-refractivity contribution is -0.137. The summed E-state index contributed by atoms with van der Waals surface area (Å²) in [6, 6.07) is 2.13. The van der Waals surface area contributed by atoms with Gasteiger partial charge >= 0.3 is 6.18 Å². The van der Waals surface area contributed by atoms with Gasteiger partial charge in [-0.3, -0.25) is 0 Å². The van der Waals surface area contributed by atoms with E-state index in [4.69, 9.17) is 10.5 Å². The van der Waals surface area contributed by atoms with Gasteiger partial charge in [-0.1, -0.05) is 0 Å². The van der Waals surface area contributed by atoms with Crippen molar-refractivity contribution < 1.29 is 17.9 Å². The normalized spacial score (nSPS) is 11.5. The molecule has 0 unspecified atom stereocenters. The minimum atomic E-state index is -4.36. The predicted molar refractivity (Wildman–Crippen MR) is 48.4 cm³/mol. The molecule has 84 valence electrons. The van der Waals surface area contributed by atoms with Crippen LogP contribution in [0.4, 0.5) is 13.2 Å². The van der Waals surface area contributed by atoms with Crippen LogP contribution in [-0.2, 0) is 6.18 Å². The molecule has 1 rings (SSSR count). The second-order valence-electron chi connectivity index (χ2n) is 2.87. The Morgan fingerprint density at radius 1 is 1.33 bits per heavy atom. The summed E-state index contributed by atoms with van der Waals surface area (Å²) in [4.78, 5) is 3.53. The summed E-state index contributed by atoms with van der Waals surface area (Å²) < 4.78 is 41.4. The molecule has 0 aliphatic heterocycles. The number of rotatable bonds is 4. The number of hydrogen-bond acceptors (Lipinski definition) is 3. The molecule has 0 aliphatic carbocycles. The maximum Gasteiger partial charge on any atom is 0.417 e. The molecule has 0 aliphatic rings. The van der Waals surface area contributed by atoms with Gasteiger partial charge in [0.2, 0.25) is 5.88 Å². The van der Waals surface area contributed by atoms with Crippen molar-refractivity contribution >= 4 is 0 Å². The van der Waals surface area contributed by atoms with Crippen LogP contribution in [0.5, 0.6) is 5.88 Å². The zero-order chi connectivity index (χ0) is 11.3. The Balaban J connectivity index is 2.57. The topological polar surface area (TPSA) is 48.1 Å². The van der Waals surface area contributed by atoms with Gasteiger partial charge in [-0.05, 0) is 19.0 Å². The Hall–Kier alpha value is -1.30. The molecule has 3 nitrogen and oxygen atoms in total. The van der Waals surface area contributed by atoms with Gasteiger partial charge in [0, 0.05) is 12.3 Å². The van der Waals surface area contributed by atoms with Crippen LogP contribution < -0.4 is 10.5 Å². The molecular formula is C9H11F3N2O. The van der Waals surface area contributed by atoms with Crippen LogP contribution in [-0.4, -0.2) is 18.1 Å². The minimum absolute atomic E-state index is 0.177. The first-order chi connectivity index (χ1) is 7.04. The summed E-state index contributed by atoms with van der Waals surface area (Å²) in [5, 5.41) is 0. The molecule has 1 aromatic rings. The second kappa shape index (κ2) is 4.97. The van der Waals surface area contributed by atoms with Crippen LogP contribution in [0.15, 0.2) is 18.3 Å². The first kappa shape index (κ1) is 11.8. The number of halogens is 3. The first-order valence-electron chi connectivity index (χ1n) is 4.40. The highest BCUT2D eigenvalue weighted by Gasteiger charge is 2.30. The van der Waals surface area contributed by atoms with Gasteiger partial charge in [0.05, 0.1) is 12.2 Å². The molecule has 2 N–H and O–H groups in total. The fourth-order valence-corrected chi connectivity index (χ4v) is 0.893. The molecule has 15 heavy (non-hydrogen) atoms. The van der Waals surface area contributed by atoms with Gasteiger partial charge < -0.3 is 10.5 Å². The largest absolute Gasteiger partial charge is 0.478 e. The summed E-state index contributed by atoms with van der Waals surface area (Å²) in [5.41, 5.74) is 4.44. The third kappa shape index (κ3) is 3.75. The van der Waals surface area contributed by atoms with Crippen molar-refractivity contribution in [1.82, 2.24) is 4.98 Å². The van der Waals surface area contributed by atoms with E-state index in [1.165, 1.54) is 6.07 Å². The average Bonchev–Trinajstić information content (AvgIpc) is 2.18. The molecule has 1 aromatic heterocycles. The van der Waals surface area contributed by atoms with E-state index in [0.29, 0.717) is 19.6 Å². The predicted octanol–water partition coefficient (Wildman–Crippen LogP) is 1.83. The Morgan fingerprint density at radius 2 is 2.07 bits per heavy atom. The van der Waals surface area contributed by atoms with Gasteiger partial charge in [0.25, 0.3) is 0 Å². The molecule has 6 heteroatoms. The summed E-state index contributed by atoms with van der Waals surface area (Å²) in [7, 11) is 0. The van der Waals surface area contributed by atoms with Crippen LogP contribution in [0.25, 0.3) is 0 Å². The molecule has 0 bridgehead atoms. The third-order valence-electron chi connectivity index (χ3n) is 1.66. The first-order valence-corrected chi connectivity index (χ1v) is 4.40. The number of nitrogens with two attached hydrogens (primary N) is 1. The molecule has 0 saturated heterocycles. The lowest BCUT2D eigenvalue weighted by Crippen LogP contribution is -2.08. The highest BCUT2D eigenvalue weighted by atomic mass is 19.4. The summed E-state index contributed by atoms with van der Waals surface area (Å²) in [6.45, 7) is 0.829. The van der Waals surface area contributed by atoms with Gasteiger partial charge in [0.1, 0.15) is 0 Å². The molecular weight excluding hydrogens is 209 g/mol. The molecule has 0 amide bonds. The molecule has 0 fully saturated rings. The van der Waals surface area contributed by atoms with Crippen LogP contribution in [0.2, 0.25) is 0 Å². The molecule has 0 atom stereocenters. The smallest absolute Gasteiger partial charge is 0.417 e. The van der Waals surface area contributed by atoms with Crippen molar-refractivity contribution in [3.8, 4) is 5.88 Å². The second-order valence-corrected chi connectivity index (χ2v) is 2.87. The molecule has 0 saturated carbocycles. The highest BCUT2D eigenvalue weighted by molar-refractivity contribution is 5.19. The third-order valence-corrected chi connectivity index (χ3v) is 1.66. The Bertz CT molecular complexity index is 297. The number of hydrogen-bond donors (Lipinski definition) is 1. The fourth-order valence-electron chi connectivity index (χ4n) is 0.893.